The molecule has 0 atom stereocenters. The van der Waals surface area contributed by atoms with Gasteiger partial charge in [-0.25, -0.2) is 13.1 Å². The SMILES string of the molecule is Nc1nnc(S(=O)(=O)NCCC2CCCC2)s1. The molecule has 1 saturated carbocycles. The second-order valence-electron chi connectivity index (χ2n) is 4.24. The van der Waals surface area contributed by atoms with Crippen LogP contribution in [0.5, 0.6) is 0 Å². The number of nitrogens with one attached hydrogen (secondary N) is 1. The molecule has 1 aliphatic rings. The van der Waals surface area contributed by atoms with Crippen LogP contribution in [0.4, 0.5) is 5.13 Å². The molecular weight excluding hydrogens is 260 g/mol. The number of nitrogens with two attached hydrogens (primary N) is 1. The first kappa shape index (κ1) is 12.7. The van der Waals surface area contributed by atoms with E-state index in [4.69, 9.17) is 5.73 Å². The first-order chi connectivity index (χ1) is 8.08. The minimum atomic E-state index is -3.52. The van der Waals surface area contributed by atoms with Crippen molar-refractivity contribution in [2.45, 2.75) is 36.4 Å². The van der Waals surface area contributed by atoms with Crippen molar-refractivity contribution in [2.75, 3.05) is 12.3 Å². The lowest BCUT2D eigenvalue weighted by Crippen LogP contribution is -2.25. The van der Waals surface area contributed by atoms with E-state index in [1.165, 1.54) is 25.7 Å². The Bertz CT molecular complexity index is 465. The summed E-state index contributed by atoms with van der Waals surface area (Å²) in [5.74, 6) is 0.664. The average Bonchev–Trinajstić information content (AvgIpc) is 2.89. The summed E-state index contributed by atoms with van der Waals surface area (Å²) in [5, 5.41) is 7.19. The molecule has 0 bridgehead atoms. The molecule has 6 nitrogen and oxygen atoms in total. The molecule has 1 aliphatic carbocycles. The Labute approximate surface area is 105 Å². The molecule has 2 rings (SSSR count). The zero-order chi connectivity index (χ0) is 12.3. The minimum Gasteiger partial charge on any atom is -0.374 e. The van der Waals surface area contributed by atoms with Gasteiger partial charge >= 0.3 is 0 Å². The van der Waals surface area contributed by atoms with Crippen LogP contribution in [0.1, 0.15) is 32.1 Å². The summed E-state index contributed by atoms with van der Waals surface area (Å²) >= 11 is 0.882. The van der Waals surface area contributed by atoms with Gasteiger partial charge in [-0.1, -0.05) is 37.0 Å². The highest BCUT2D eigenvalue weighted by molar-refractivity contribution is 7.91. The Balaban J connectivity index is 1.85. The molecule has 0 spiro atoms. The third-order valence-electron chi connectivity index (χ3n) is 2.97. The lowest BCUT2D eigenvalue weighted by molar-refractivity contribution is 0.495. The van der Waals surface area contributed by atoms with Crippen molar-refractivity contribution in [3.05, 3.63) is 0 Å². The largest absolute Gasteiger partial charge is 0.374 e. The van der Waals surface area contributed by atoms with E-state index >= 15 is 0 Å². The molecule has 96 valence electrons. The maximum atomic E-state index is 11.8. The average molecular weight is 276 g/mol. The van der Waals surface area contributed by atoms with Crippen LogP contribution >= 0.6 is 11.3 Å². The van der Waals surface area contributed by atoms with Gasteiger partial charge in [0.25, 0.3) is 10.0 Å². The molecular formula is C9H16N4O2S2. The third kappa shape index (κ3) is 3.36. The van der Waals surface area contributed by atoms with Gasteiger partial charge in [-0.15, -0.1) is 10.2 Å². The van der Waals surface area contributed by atoms with Gasteiger partial charge in [0.05, 0.1) is 0 Å². The summed E-state index contributed by atoms with van der Waals surface area (Å²) in [6.07, 6.45) is 5.86. The van der Waals surface area contributed by atoms with Crippen LogP contribution in [0.25, 0.3) is 0 Å². The zero-order valence-corrected chi connectivity index (χ0v) is 11.1. The Hall–Kier alpha value is -0.730. The van der Waals surface area contributed by atoms with Crippen molar-refractivity contribution < 1.29 is 8.42 Å². The van der Waals surface area contributed by atoms with Crippen LogP contribution in [-0.4, -0.2) is 25.2 Å². The van der Waals surface area contributed by atoms with E-state index in [1.54, 1.807) is 0 Å². The van der Waals surface area contributed by atoms with Crippen LogP contribution in [0, 0.1) is 5.92 Å². The number of aromatic nitrogens is 2. The lowest BCUT2D eigenvalue weighted by Gasteiger charge is -2.08. The predicted molar refractivity (Wildman–Crippen MR) is 66.1 cm³/mol. The lowest BCUT2D eigenvalue weighted by atomic mass is 10.1. The fourth-order valence-electron chi connectivity index (χ4n) is 2.09. The van der Waals surface area contributed by atoms with E-state index in [-0.39, 0.29) is 9.47 Å². The van der Waals surface area contributed by atoms with Crippen molar-refractivity contribution in [3.8, 4) is 0 Å². The van der Waals surface area contributed by atoms with Crippen LogP contribution in [-0.2, 0) is 10.0 Å². The highest BCUT2D eigenvalue weighted by Crippen LogP contribution is 2.27. The number of sulfonamides is 1. The quantitative estimate of drug-likeness (QED) is 0.835. The minimum absolute atomic E-state index is 0.0542. The van der Waals surface area contributed by atoms with Crippen LogP contribution < -0.4 is 10.5 Å². The molecule has 1 fully saturated rings. The van der Waals surface area contributed by atoms with E-state index in [0.717, 1.165) is 17.8 Å². The first-order valence-corrected chi connectivity index (χ1v) is 7.96. The maximum absolute atomic E-state index is 11.8. The molecule has 8 heteroatoms. The number of hydrogen-bond donors (Lipinski definition) is 2. The summed E-state index contributed by atoms with van der Waals surface area (Å²) in [7, 11) is -3.52. The summed E-state index contributed by atoms with van der Waals surface area (Å²) in [4.78, 5) is 0. The summed E-state index contributed by atoms with van der Waals surface area (Å²) in [6, 6.07) is 0. The molecule has 0 aliphatic heterocycles. The normalized spacial score (nSPS) is 17.6. The van der Waals surface area contributed by atoms with E-state index in [2.05, 4.69) is 14.9 Å². The van der Waals surface area contributed by atoms with Crippen molar-refractivity contribution in [3.63, 3.8) is 0 Å². The first-order valence-electron chi connectivity index (χ1n) is 5.66. The number of hydrogen-bond acceptors (Lipinski definition) is 6. The molecule has 1 aromatic rings. The van der Waals surface area contributed by atoms with Gasteiger partial charge in [-0.05, 0) is 12.3 Å². The second kappa shape index (κ2) is 5.28. The number of rotatable bonds is 5. The molecule has 0 radical (unpaired) electrons. The van der Waals surface area contributed by atoms with Crippen molar-refractivity contribution >= 4 is 26.5 Å². The van der Waals surface area contributed by atoms with Gasteiger partial charge in [0.1, 0.15) is 0 Å². The molecule has 0 amide bonds. The summed E-state index contributed by atoms with van der Waals surface area (Å²) in [6.45, 7) is 0.465. The van der Waals surface area contributed by atoms with Crippen molar-refractivity contribution in [2.24, 2.45) is 5.92 Å². The fourth-order valence-corrected chi connectivity index (χ4v) is 3.96. The molecule has 0 saturated heterocycles. The van der Waals surface area contributed by atoms with E-state index in [1.807, 2.05) is 0 Å². The Kier molecular flexibility index (Phi) is 3.95. The second-order valence-corrected chi connectivity index (χ2v) is 7.19. The Morgan fingerprint density at radius 2 is 2.06 bits per heavy atom. The smallest absolute Gasteiger partial charge is 0.269 e. The van der Waals surface area contributed by atoms with Gasteiger partial charge in [0, 0.05) is 6.54 Å². The van der Waals surface area contributed by atoms with Crippen molar-refractivity contribution in [1.29, 1.82) is 0 Å². The Morgan fingerprint density at radius 3 is 2.65 bits per heavy atom. The predicted octanol–water partition coefficient (Wildman–Crippen LogP) is 0.979. The molecule has 0 unspecified atom stereocenters. The van der Waals surface area contributed by atoms with Crippen LogP contribution in [0.15, 0.2) is 4.34 Å². The molecule has 17 heavy (non-hydrogen) atoms. The fraction of sp³-hybridized carbons (Fsp3) is 0.778. The van der Waals surface area contributed by atoms with Gasteiger partial charge in [0.15, 0.2) is 0 Å². The maximum Gasteiger partial charge on any atom is 0.269 e. The van der Waals surface area contributed by atoms with Crippen molar-refractivity contribution in [1.82, 2.24) is 14.9 Å². The third-order valence-corrected chi connectivity index (χ3v) is 5.55. The zero-order valence-electron chi connectivity index (χ0n) is 9.42. The number of anilines is 1. The monoisotopic (exact) mass is 276 g/mol. The van der Waals surface area contributed by atoms with Crippen LogP contribution in [0.2, 0.25) is 0 Å². The topological polar surface area (TPSA) is 98.0 Å². The summed E-state index contributed by atoms with van der Waals surface area (Å²) in [5.41, 5.74) is 5.36. The molecule has 1 heterocycles. The van der Waals surface area contributed by atoms with E-state index in [9.17, 15) is 8.42 Å². The summed E-state index contributed by atoms with van der Waals surface area (Å²) < 4.78 is 26.0. The van der Waals surface area contributed by atoms with Gasteiger partial charge in [-0.3, -0.25) is 0 Å². The molecule has 0 aromatic carbocycles. The molecule has 3 N–H and O–H groups in total. The van der Waals surface area contributed by atoms with E-state index in [0.29, 0.717) is 12.5 Å². The van der Waals surface area contributed by atoms with Crippen LogP contribution in [0.3, 0.4) is 0 Å². The standard InChI is InChI=1S/C9H16N4O2S2/c10-8-12-13-9(16-8)17(14,15)11-6-5-7-3-1-2-4-7/h7,11H,1-6H2,(H2,10,12). The van der Waals surface area contributed by atoms with Gasteiger partial charge in [0.2, 0.25) is 9.47 Å². The molecule has 1 aromatic heterocycles. The number of nitrogen functional groups attached to an aromatic ring is 1. The number of nitrogens with zero attached hydrogens (tertiary/aromatic N) is 2. The van der Waals surface area contributed by atoms with E-state index < -0.39 is 10.0 Å². The van der Waals surface area contributed by atoms with Gasteiger partial charge in [-0.2, -0.15) is 0 Å². The highest BCUT2D eigenvalue weighted by atomic mass is 32.2. The Morgan fingerprint density at radius 1 is 1.35 bits per heavy atom. The van der Waals surface area contributed by atoms with Gasteiger partial charge < -0.3 is 5.73 Å². The highest BCUT2D eigenvalue weighted by Gasteiger charge is 2.20.